The van der Waals surface area contributed by atoms with Crippen molar-refractivity contribution in [2.75, 3.05) is 5.32 Å². The molecule has 1 unspecified atom stereocenters. The molecule has 0 spiro atoms. The van der Waals surface area contributed by atoms with Crippen LogP contribution in [0.3, 0.4) is 0 Å². The van der Waals surface area contributed by atoms with Crippen molar-refractivity contribution < 1.29 is 4.74 Å². The molecule has 1 saturated heterocycles. The molecule has 1 fully saturated rings. The van der Waals surface area contributed by atoms with E-state index in [2.05, 4.69) is 43.0 Å². The third-order valence-corrected chi connectivity index (χ3v) is 4.00. The number of rotatable bonds is 2. The average molecular weight is 287 g/mol. The van der Waals surface area contributed by atoms with Crippen LogP contribution < -0.4 is 10.9 Å². The fourth-order valence-electron chi connectivity index (χ4n) is 3.11. The molecule has 112 valence electrons. The molecule has 2 N–H and O–H groups in total. The van der Waals surface area contributed by atoms with Gasteiger partial charge in [0.1, 0.15) is 0 Å². The molecule has 3 rings (SSSR count). The Hall–Kier alpha value is -1.88. The van der Waals surface area contributed by atoms with E-state index in [1.807, 2.05) is 18.2 Å². The number of nitrogens with zero attached hydrogens (tertiary/aromatic N) is 1. The zero-order valence-electron chi connectivity index (χ0n) is 12.9. The minimum Gasteiger partial charge on any atom is -0.367 e. The molecule has 0 amide bonds. The van der Waals surface area contributed by atoms with Crippen LogP contribution in [0.1, 0.15) is 34.1 Å². The molecule has 21 heavy (non-hydrogen) atoms. The first kappa shape index (κ1) is 14.1. The third-order valence-electron chi connectivity index (χ3n) is 4.00. The molecule has 5 nitrogen and oxygen atoms in total. The van der Waals surface area contributed by atoms with Crippen LogP contribution in [0.15, 0.2) is 29.1 Å². The topological polar surface area (TPSA) is 67.0 Å². The maximum Gasteiger partial charge on any atom is 0.260 e. The van der Waals surface area contributed by atoms with Gasteiger partial charge in [0.15, 0.2) is 0 Å². The second kappa shape index (κ2) is 4.56. The van der Waals surface area contributed by atoms with Crippen molar-refractivity contribution in [3.8, 4) is 0 Å². The van der Waals surface area contributed by atoms with E-state index in [1.165, 1.54) is 0 Å². The molecule has 1 aliphatic heterocycles. The number of ether oxygens (including phenoxy) is 1. The highest BCUT2D eigenvalue weighted by Gasteiger charge is 2.46. The van der Waals surface area contributed by atoms with Crippen LogP contribution in [0.5, 0.6) is 0 Å². The molecule has 1 atom stereocenters. The second-order valence-corrected chi connectivity index (χ2v) is 6.80. The summed E-state index contributed by atoms with van der Waals surface area (Å²) in [6.45, 7) is 8.26. The highest BCUT2D eigenvalue weighted by Crippen LogP contribution is 2.38. The summed E-state index contributed by atoms with van der Waals surface area (Å²) < 4.78 is 6.06. The Morgan fingerprint density at radius 3 is 2.67 bits per heavy atom. The minimum atomic E-state index is -0.312. The first-order chi connectivity index (χ1) is 9.77. The lowest BCUT2D eigenvalue weighted by Gasteiger charge is -2.27. The van der Waals surface area contributed by atoms with Crippen molar-refractivity contribution in [2.45, 2.75) is 51.4 Å². The first-order valence-electron chi connectivity index (χ1n) is 7.23. The van der Waals surface area contributed by atoms with E-state index in [9.17, 15) is 4.79 Å². The molecule has 0 saturated carbocycles. The highest BCUT2D eigenvalue weighted by molar-refractivity contribution is 5.78. The number of aromatic amines is 1. The highest BCUT2D eigenvalue weighted by atomic mass is 16.5. The van der Waals surface area contributed by atoms with Crippen LogP contribution in [-0.4, -0.2) is 27.2 Å². The number of aromatic nitrogens is 2. The maximum absolute atomic E-state index is 12.1. The summed E-state index contributed by atoms with van der Waals surface area (Å²) in [5.74, 6) is 0.498. The molecular formula is C16H21N3O2. The van der Waals surface area contributed by atoms with Crippen LogP contribution in [0, 0.1) is 0 Å². The Kier molecular flexibility index (Phi) is 3.06. The summed E-state index contributed by atoms with van der Waals surface area (Å²) >= 11 is 0. The Labute approximate surface area is 123 Å². The number of H-pyrrole nitrogens is 1. The van der Waals surface area contributed by atoms with Gasteiger partial charge < -0.3 is 10.1 Å². The molecule has 5 heteroatoms. The predicted octanol–water partition coefficient (Wildman–Crippen LogP) is 2.68. The van der Waals surface area contributed by atoms with Crippen LogP contribution in [0.2, 0.25) is 0 Å². The molecule has 1 aromatic heterocycles. The van der Waals surface area contributed by atoms with Gasteiger partial charge in [-0.3, -0.25) is 9.78 Å². The number of fused-ring (bicyclic) bond motifs is 1. The summed E-state index contributed by atoms with van der Waals surface area (Å²) in [4.78, 5) is 19.4. The quantitative estimate of drug-likeness (QED) is 0.891. The third kappa shape index (κ3) is 2.65. The van der Waals surface area contributed by atoms with Crippen molar-refractivity contribution in [1.82, 2.24) is 9.97 Å². The van der Waals surface area contributed by atoms with Crippen molar-refractivity contribution in [1.29, 1.82) is 0 Å². The Morgan fingerprint density at radius 2 is 2.00 bits per heavy atom. The second-order valence-electron chi connectivity index (χ2n) is 6.80. The van der Waals surface area contributed by atoms with Crippen molar-refractivity contribution in [3.05, 3.63) is 34.6 Å². The number of hydrogen-bond acceptors (Lipinski definition) is 4. The van der Waals surface area contributed by atoms with E-state index in [-0.39, 0.29) is 22.8 Å². The lowest BCUT2D eigenvalue weighted by Crippen LogP contribution is -2.39. The molecule has 0 aliphatic carbocycles. The van der Waals surface area contributed by atoms with Crippen LogP contribution >= 0.6 is 0 Å². The summed E-state index contributed by atoms with van der Waals surface area (Å²) in [6.07, 6.45) is 0.858. The largest absolute Gasteiger partial charge is 0.367 e. The van der Waals surface area contributed by atoms with E-state index in [0.717, 1.165) is 6.42 Å². The van der Waals surface area contributed by atoms with Crippen LogP contribution in [-0.2, 0) is 4.74 Å². The first-order valence-corrected chi connectivity index (χ1v) is 7.23. The normalized spacial score (nSPS) is 23.3. The Morgan fingerprint density at radius 1 is 1.29 bits per heavy atom. The average Bonchev–Trinajstić information content (AvgIpc) is 2.57. The lowest BCUT2D eigenvalue weighted by atomic mass is 9.95. The van der Waals surface area contributed by atoms with E-state index in [1.54, 1.807) is 6.07 Å². The number of hydrogen-bond donors (Lipinski definition) is 2. The standard InChI is InChI=1S/C16H21N3O2/c1-15(2)9-12(16(3,4)21-15)18-14-17-11-8-6-5-7-10(11)13(20)19-14/h5-8,12H,9H2,1-4H3,(H2,17,18,19,20). The van der Waals surface area contributed by atoms with Gasteiger partial charge >= 0.3 is 0 Å². The predicted molar refractivity (Wildman–Crippen MR) is 83.6 cm³/mol. The minimum absolute atomic E-state index is 0.0943. The fourth-order valence-corrected chi connectivity index (χ4v) is 3.11. The van der Waals surface area contributed by atoms with Crippen LogP contribution in [0.4, 0.5) is 5.95 Å². The number of nitrogens with one attached hydrogen (secondary N) is 2. The molecule has 1 aromatic carbocycles. The summed E-state index contributed by atoms with van der Waals surface area (Å²) in [5.41, 5.74) is 0.0743. The van der Waals surface area contributed by atoms with Gasteiger partial charge in [0.2, 0.25) is 5.95 Å². The Balaban J connectivity index is 1.94. The van der Waals surface area contributed by atoms with Crippen molar-refractivity contribution in [3.63, 3.8) is 0 Å². The Bertz CT molecular complexity index is 734. The summed E-state index contributed by atoms with van der Waals surface area (Å²) in [6, 6.07) is 7.43. The number of para-hydroxylation sites is 1. The van der Waals surface area contributed by atoms with Gasteiger partial charge in [-0.1, -0.05) is 12.1 Å². The van der Waals surface area contributed by atoms with Crippen molar-refractivity contribution in [2.24, 2.45) is 0 Å². The molecule has 0 bridgehead atoms. The van der Waals surface area contributed by atoms with E-state index in [4.69, 9.17) is 4.74 Å². The van der Waals surface area contributed by atoms with E-state index < -0.39 is 0 Å². The van der Waals surface area contributed by atoms with Gasteiger partial charge in [-0.15, -0.1) is 0 Å². The number of anilines is 1. The number of benzene rings is 1. The molecule has 2 aromatic rings. The molecule has 1 aliphatic rings. The SMILES string of the molecule is CC1(C)CC(Nc2nc3ccccc3c(=O)[nH]2)C(C)(C)O1. The van der Waals surface area contributed by atoms with Gasteiger partial charge in [0.05, 0.1) is 28.1 Å². The zero-order chi connectivity index (χ0) is 15.3. The summed E-state index contributed by atoms with van der Waals surface area (Å²) in [7, 11) is 0. The lowest BCUT2D eigenvalue weighted by molar-refractivity contribution is -0.0663. The van der Waals surface area contributed by atoms with Gasteiger partial charge in [-0.25, -0.2) is 4.98 Å². The van der Waals surface area contributed by atoms with Crippen molar-refractivity contribution >= 4 is 16.9 Å². The van der Waals surface area contributed by atoms with E-state index >= 15 is 0 Å². The van der Waals surface area contributed by atoms with Gasteiger partial charge in [-0.2, -0.15) is 0 Å². The van der Waals surface area contributed by atoms with Crippen LogP contribution in [0.25, 0.3) is 10.9 Å². The van der Waals surface area contributed by atoms with Gasteiger partial charge in [0, 0.05) is 0 Å². The maximum atomic E-state index is 12.1. The van der Waals surface area contributed by atoms with E-state index in [0.29, 0.717) is 16.9 Å². The molecular weight excluding hydrogens is 266 g/mol. The smallest absolute Gasteiger partial charge is 0.260 e. The fraction of sp³-hybridized carbons (Fsp3) is 0.500. The molecule has 2 heterocycles. The van der Waals surface area contributed by atoms with Gasteiger partial charge in [-0.05, 0) is 46.2 Å². The van der Waals surface area contributed by atoms with Gasteiger partial charge in [0.25, 0.3) is 5.56 Å². The zero-order valence-corrected chi connectivity index (χ0v) is 12.9. The monoisotopic (exact) mass is 287 g/mol. The molecule has 0 radical (unpaired) electrons. The summed E-state index contributed by atoms with van der Waals surface area (Å²) in [5, 5.41) is 3.93.